The first kappa shape index (κ1) is 21.3. The first-order chi connectivity index (χ1) is 11.1. The van der Waals surface area contributed by atoms with Crippen molar-refractivity contribution in [1.29, 1.82) is 0 Å². The van der Waals surface area contributed by atoms with Crippen molar-refractivity contribution in [3.63, 3.8) is 0 Å². The van der Waals surface area contributed by atoms with Crippen molar-refractivity contribution in [2.75, 3.05) is 19.5 Å². The number of ether oxygens (including phenoxy) is 2. The van der Waals surface area contributed by atoms with Crippen LogP contribution in [0.3, 0.4) is 0 Å². The Morgan fingerprint density at radius 3 is 2.28 bits per heavy atom. The summed E-state index contributed by atoms with van der Waals surface area (Å²) in [7, 11) is -5.64. The smallest absolute Gasteiger partial charge is 0.264 e. The topological polar surface area (TPSA) is 74.4 Å². The maximum Gasteiger partial charge on any atom is 0.264 e. The summed E-state index contributed by atoms with van der Waals surface area (Å²) in [5.41, 5.74) is -0.946. The first-order valence-electron chi connectivity index (χ1n) is 8.92. The van der Waals surface area contributed by atoms with Crippen molar-refractivity contribution < 1.29 is 26.5 Å². The molecule has 6 nitrogen and oxygen atoms in total. The minimum absolute atomic E-state index is 0.0315. The molecule has 0 aliphatic carbocycles. The van der Waals surface area contributed by atoms with Gasteiger partial charge >= 0.3 is 0 Å². The molecule has 0 aromatic rings. The lowest BCUT2D eigenvalue weighted by molar-refractivity contribution is -0.119. The molecule has 2 aliphatic heterocycles. The summed E-state index contributed by atoms with van der Waals surface area (Å²) in [6.45, 7) is 15.6. The summed E-state index contributed by atoms with van der Waals surface area (Å²) in [6.07, 6.45) is 1.93. The average molecular weight is 395 g/mol. The van der Waals surface area contributed by atoms with Crippen molar-refractivity contribution >= 4 is 18.4 Å². The summed E-state index contributed by atoms with van der Waals surface area (Å²) >= 11 is 0. The lowest BCUT2D eigenvalue weighted by Gasteiger charge is -2.40. The van der Waals surface area contributed by atoms with Gasteiger partial charge in [0.15, 0.2) is 8.32 Å². The second-order valence-electron chi connectivity index (χ2n) is 9.42. The normalized spacial score (nSPS) is 35.0. The third-order valence-electron chi connectivity index (χ3n) is 5.97. The van der Waals surface area contributed by atoms with Crippen molar-refractivity contribution in [2.24, 2.45) is 0 Å². The van der Waals surface area contributed by atoms with Crippen LogP contribution in [0.5, 0.6) is 0 Å². The summed E-state index contributed by atoms with van der Waals surface area (Å²) in [4.78, 5) is 0. The van der Waals surface area contributed by atoms with Gasteiger partial charge in [0.1, 0.15) is 11.7 Å². The molecular weight excluding hydrogens is 360 g/mol. The van der Waals surface area contributed by atoms with Gasteiger partial charge in [0, 0.05) is 0 Å². The van der Waals surface area contributed by atoms with Crippen LogP contribution in [-0.4, -0.2) is 59.6 Å². The minimum Gasteiger partial charge on any atom is -0.414 e. The molecule has 2 aliphatic rings. The Balaban J connectivity index is 2.13. The highest BCUT2D eigenvalue weighted by molar-refractivity contribution is 7.86. The van der Waals surface area contributed by atoms with E-state index in [9.17, 15) is 8.42 Å². The number of hydrogen-bond donors (Lipinski definition) is 0. The van der Waals surface area contributed by atoms with E-state index in [1.165, 1.54) is 0 Å². The van der Waals surface area contributed by atoms with Gasteiger partial charge in [-0.3, -0.25) is 4.18 Å². The van der Waals surface area contributed by atoms with Gasteiger partial charge < -0.3 is 13.9 Å². The van der Waals surface area contributed by atoms with Crippen LogP contribution in [0.2, 0.25) is 18.1 Å². The van der Waals surface area contributed by atoms with Gasteiger partial charge in [0.25, 0.3) is 10.1 Å². The second-order valence-corrected chi connectivity index (χ2v) is 15.8. The Morgan fingerprint density at radius 2 is 1.84 bits per heavy atom. The zero-order valence-corrected chi connectivity index (χ0v) is 18.7. The number of rotatable bonds is 7. The molecule has 0 bridgehead atoms. The van der Waals surface area contributed by atoms with E-state index in [2.05, 4.69) is 33.9 Å². The standard InChI is InChI=1S/C17H34O6SSi/c1-15(2,3)25(7,8)21-11-14(23-24(6,18)19)16(4)10-9-13(22-16)17(5)12-20-17/h13-14H,9-12H2,1-8H3/t13-,14+,16+,17+/m1/s1. The minimum atomic E-state index is -3.62. The molecule has 2 saturated heterocycles. The van der Waals surface area contributed by atoms with Crippen LogP contribution in [0.25, 0.3) is 0 Å². The Bertz CT molecular complexity index is 593. The van der Waals surface area contributed by atoms with E-state index in [1.807, 2.05) is 13.8 Å². The van der Waals surface area contributed by atoms with Gasteiger partial charge in [0.2, 0.25) is 0 Å². The van der Waals surface area contributed by atoms with Gasteiger partial charge in [-0.2, -0.15) is 8.42 Å². The van der Waals surface area contributed by atoms with Gasteiger partial charge in [-0.05, 0) is 44.8 Å². The quantitative estimate of drug-likeness (QED) is 0.375. The van der Waals surface area contributed by atoms with Crippen LogP contribution in [0.1, 0.15) is 47.5 Å². The molecule has 2 rings (SSSR count). The Labute approximate surface area is 153 Å². The van der Waals surface area contributed by atoms with Crippen LogP contribution in [-0.2, 0) is 28.2 Å². The molecule has 2 fully saturated rings. The van der Waals surface area contributed by atoms with Crippen molar-refractivity contribution in [2.45, 2.75) is 89.0 Å². The lowest BCUT2D eigenvalue weighted by Crippen LogP contribution is -2.50. The van der Waals surface area contributed by atoms with E-state index in [0.717, 1.165) is 19.1 Å². The first-order valence-corrected chi connectivity index (χ1v) is 13.6. The lowest BCUT2D eigenvalue weighted by atomic mass is 9.94. The second kappa shape index (κ2) is 6.56. The Hall–Kier alpha value is 0.00688. The van der Waals surface area contributed by atoms with Gasteiger partial charge in [-0.25, -0.2) is 0 Å². The zero-order chi connectivity index (χ0) is 19.3. The van der Waals surface area contributed by atoms with Crippen LogP contribution in [0.4, 0.5) is 0 Å². The predicted molar refractivity (Wildman–Crippen MR) is 99.7 cm³/mol. The summed E-state index contributed by atoms with van der Waals surface area (Å²) < 4.78 is 47.0. The van der Waals surface area contributed by atoms with E-state index >= 15 is 0 Å². The highest BCUT2D eigenvalue weighted by Gasteiger charge is 2.56. The fourth-order valence-electron chi connectivity index (χ4n) is 2.84. The van der Waals surface area contributed by atoms with E-state index in [1.54, 1.807) is 0 Å². The van der Waals surface area contributed by atoms with Crippen LogP contribution < -0.4 is 0 Å². The maximum absolute atomic E-state index is 11.8. The zero-order valence-electron chi connectivity index (χ0n) is 16.8. The fourth-order valence-corrected chi connectivity index (χ4v) is 4.53. The SMILES string of the molecule is CC(C)(C)[Si](C)(C)OC[C@H](OS(C)(=O)=O)[C@]1(C)CC[C@H]([C@]2(C)CO2)O1. The molecule has 0 aromatic carbocycles. The Kier molecular flexibility index (Phi) is 5.59. The third-order valence-corrected chi connectivity index (χ3v) is 11.1. The van der Waals surface area contributed by atoms with E-state index < -0.39 is 30.1 Å². The van der Waals surface area contributed by atoms with E-state index in [0.29, 0.717) is 6.61 Å². The molecule has 0 spiro atoms. The molecule has 0 amide bonds. The van der Waals surface area contributed by atoms with E-state index in [4.69, 9.17) is 18.1 Å². The van der Waals surface area contributed by atoms with Crippen molar-refractivity contribution in [3.8, 4) is 0 Å². The number of epoxide rings is 1. The largest absolute Gasteiger partial charge is 0.414 e. The average Bonchev–Trinajstić information content (AvgIpc) is 3.02. The summed E-state index contributed by atoms with van der Waals surface area (Å²) in [5, 5.41) is 0.0396. The molecule has 0 N–H and O–H groups in total. The molecule has 0 unspecified atom stereocenters. The maximum atomic E-state index is 11.8. The monoisotopic (exact) mass is 394 g/mol. The van der Waals surface area contributed by atoms with Crippen molar-refractivity contribution in [3.05, 3.63) is 0 Å². The van der Waals surface area contributed by atoms with Gasteiger partial charge in [-0.1, -0.05) is 20.8 Å². The van der Waals surface area contributed by atoms with Crippen LogP contribution >= 0.6 is 0 Å². The van der Waals surface area contributed by atoms with Gasteiger partial charge in [0.05, 0.1) is 31.2 Å². The predicted octanol–water partition coefficient (Wildman–Crippen LogP) is 3.08. The summed E-state index contributed by atoms with van der Waals surface area (Å²) in [6, 6.07) is 0. The molecule has 2 heterocycles. The molecule has 148 valence electrons. The molecule has 0 aromatic heterocycles. The highest BCUT2D eigenvalue weighted by Crippen LogP contribution is 2.45. The van der Waals surface area contributed by atoms with Crippen LogP contribution in [0.15, 0.2) is 0 Å². The third kappa shape index (κ3) is 5.04. The fraction of sp³-hybridized carbons (Fsp3) is 1.00. The van der Waals surface area contributed by atoms with Crippen LogP contribution in [0, 0.1) is 0 Å². The molecule has 25 heavy (non-hydrogen) atoms. The van der Waals surface area contributed by atoms with Gasteiger partial charge in [-0.15, -0.1) is 0 Å². The molecule has 0 saturated carbocycles. The highest BCUT2D eigenvalue weighted by atomic mass is 32.2. The molecule has 4 atom stereocenters. The molecule has 8 heteroatoms. The Morgan fingerprint density at radius 1 is 1.28 bits per heavy atom. The van der Waals surface area contributed by atoms with Crippen molar-refractivity contribution in [1.82, 2.24) is 0 Å². The summed E-state index contributed by atoms with van der Waals surface area (Å²) in [5.74, 6) is 0. The van der Waals surface area contributed by atoms with E-state index in [-0.39, 0.29) is 23.4 Å². The number of hydrogen-bond acceptors (Lipinski definition) is 6. The molecule has 0 radical (unpaired) electrons. The molecular formula is C17H34O6SSi.